The van der Waals surface area contributed by atoms with Crippen molar-refractivity contribution in [3.63, 3.8) is 0 Å². The summed E-state index contributed by atoms with van der Waals surface area (Å²) < 4.78 is 10.2. The first kappa shape index (κ1) is 19.5. The maximum atomic E-state index is 12.1. The minimum atomic E-state index is -0.561. The van der Waals surface area contributed by atoms with Gasteiger partial charge < -0.3 is 14.8 Å². The Kier molecular flexibility index (Phi) is 6.74. The summed E-state index contributed by atoms with van der Waals surface area (Å²) in [5.74, 6) is -0.583. The Morgan fingerprint density at radius 3 is 2.38 bits per heavy atom. The zero-order chi connectivity index (χ0) is 19.1. The Hall–Kier alpha value is -2.86. The predicted octanol–water partition coefficient (Wildman–Crippen LogP) is 3.28. The number of carbonyl (C=O) groups excluding carboxylic acids is 3. The molecule has 0 aromatic heterocycles. The van der Waals surface area contributed by atoms with E-state index in [1.807, 2.05) is 0 Å². The Balaban J connectivity index is 1.91. The topological polar surface area (TPSA) is 81.7 Å². The Labute approximate surface area is 156 Å². The van der Waals surface area contributed by atoms with E-state index in [2.05, 4.69) is 5.32 Å². The summed E-state index contributed by atoms with van der Waals surface area (Å²) in [5, 5.41) is 3.08. The molecule has 1 N–H and O–H groups in total. The van der Waals surface area contributed by atoms with Crippen LogP contribution in [-0.4, -0.2) is 31.4 Å². The Bertz CT molecular complexity index is 817. The number of ketones is 1. The normalized spacial score (nSPS) is 10.1. The van der Waals surface area contributed by atoms with Gasteiger partial charge in [0.2, 0.25) is 5.91 Å². The van der Waals surface area contributed by atoms with Crippen molar-refractivity contribution < 1.29 is 23.9 Å². The third kappa shape index (κ3) is 5.60. The fourth-order valence-electron chi connectivity index (χ4n) is 2.26. The highest BCUT2D eigenvalue weighted by molar-refractivity contribution is 6.30. The van der Waals surface area contributed by atoms with Gasteiger partial charge in [0.25, 0.3) is 0 Å². The number of Topliss-reactive ketones (excluding diaryl/α,β-unsaturated/α-hetero) is 1. The number of amides is 1. The van der Waals surface area contributed by atoms with Crippen molar-refractivity contribution in [1.82, 2.24) is 0 Å². The summed E-state index contributed by atoms with van der Waals surface area (Å²) in [7, 11) is 1.49. The van der Waals surface area contributed by atoms with Crippen molar-refractivity contribution in [1.29, 1.82) is 0 Å². The quantitative estimate of drug-likeness (QED) is 0.593. The van der Waals surface area contributed by atoms with E-state index in [9.17, 15) is 14.4 Å². The van der Waals surface area contributed by atoms with Gasteiger partial charge in [0, 0.05) is 28.8 Å². The van der Waals surface area contributed by atoms with Crippen LogP contribution in [0.1, 0.15) is 22.8 Å². The van der Waals surface area contributed by atoms with E-state index in [4.69, 9.17) is 21.1 Å². The molecular weight excluding hydrogens is 358 g/mol. The van der Waals surface area contributed by atoms with Crippen LogP contribution in [0.5, 0.6) is 5.75 Å². The SMILES string of the molecule is COc1ccc(Cl)cc1CC(=O)OCC(=O)c1ccc(NC(C)=O)cc1. The third-order valence-electron chi connectivity index (χ3n) is 3.47. The second kappa shape index (κ2) is 9.01. The monoisotopic (exact) mass is 375 g/mol. The molecule has 0 radical (unpaired) electrons. The first-order valence-corrected chi connectivity index (χ1v) is 8.15. The van der Waals surface area contributed by atoms with Crippen molar-refractivity contribution in [2.45, 2.75) is 13.3 Å². The lowest BCUT2D eigenvalue weighted by Crippen LogP contribution is -2.16. The lowest BCUT2D eigenvalue weighted by molar-refractivity contribution is -0.141. The van der Waals surface area contributed by atoms with Crippen molar-refractivity contribution in [2.75, 3.05) is 19.0 Å². The van der Waals surface area contributed by atoms with Crippen LogP contribution in [0.2, 0.25) is 5.02 Å². The number of methoxy groups -OCH3 is 1. The molecule has 0 atom stereocenters. The molecule has 0 bridgehead atoms. The van der Waals surface area contributed by atoms with Crippen molar-refractivity contribution in [3.05, 3.63) is 58.6 Å². The molecule has 26 heavy (non-hydrogen) atoms. The fourth-order valence-corrected chi connectivity index (χ4v) is 2.46. The molecule has 136 valence electrons. The van der Waals surface area contributed by atoms with Crippen LogP contribution in [0.25, 0.3) is 0 Å². The second-order valence-corrected chi connectivity index (χ2v) is 5.91. The van der Waals surface area contributed by atoms with Gasteiger partial charge in [-0.05, 0) is 42.5 Å². The summed E-state index contributed by atoms with van der Waals surface area (Å²) in [4.78, 5) is 35.1. The number of hydrogen-bond donors (Lipinski definition) is 1. The fraction of sp³-hybridized carbons (Fsp3) is 0.211. The minimum Gasteiger partial charge on any atom is -0.496 e. The molecule has 7 heteroatoms. The van der Waals surface area contributed by atoms with Gasteiger partial charge in [-0.2, -0.15) is 0 Å². The van der Waals surface area contributed by atoms with Gasteiger partial charge in [-0.3, -0.25) is 14.4 Å². The molecule has 0 aliphatic rings. The molecule has 0 unspecified atom stereocenters. The first-order chi connectivity index (χ1) is 12.4. The highest BCUT2D eigenvalue weighted by atomic mass is 35.5. The van der Waals surface area contributed by atoms with E-state index in [0.717, 1.165) is 0 Å². The predicted molar refractivity (Wildman–Crippen MR) is 97.7 cm³/mol. The van der Waals surface area contributed by atoms with Crippen LogP contribution in [-0.2, 0) is 20.7 Å². The molecule has 0 spiro atoms. The van der Waals surface area contributed by atoms with Crippen LogP contribution in [0.4, 0.5) is 5.69 Å². The van der Waals surface area contributed by atoms with Gasteiger partial charge in [-0.1, -0.05) is 11.6 Å². The summed E-state index contributed by atoms with van der Waals surface area (Å²) in [5.41, 5.74) is 1.54. The molecule has 0 fully saturated rings. The standard InChI is InChI=1S/C19H18ClNO5/c1-12(22)21-16-6-3-13(4-7-16)17(23)11-26-19(24)10-14-9-15(20)5-8-18(14)25-2/h3-9H,10-11H2,1-2H3,(H,21,22). The molecular formula is C19H18ClNO5. The Morgan fingerprint density at radius 2 is 1.77 bits per heavy atom. The van der Waals surface area contributed by atoms with Gasteiger partial charge in [0.05, 0.1) is 13.5 Å². The smallest absolute Gasteiger partial charge is 0.310 e. The summed E-state index contributed by atoms with van der Waals surface area (Å²) in [6.07, 6.45) is -0.0571. The molecule has 2 aromatic rings. The van der Waals surface area contributed by atoms with Crippen molar-refractivity contribution >= 4 is 34.9 Å². The highest BCUT2D eigenvalue weighted by Crippen LogP contribution is 2.23. The lowest BCUT2D eigenvalue weighted by atomic mass is 10.1. The number of anilines is 1. The van der Waals surface area contributed by atoms with E-state index < -0.39 is 5.97 Å². The van der Waals surface area contributed by atoms with Gasteiger partial charge in [-0.15, -0.1) is 0 Å². The van der Waals surface area contributed by atoms with E-state index in [1.54, 1.807) is 42.5 Å². The highest BCUT2D eigenvalue weighted by Gasteiger charge is 2.13. The Morgan fingerprint density at radius 1 is 1.08 bits per heavy atom. The van der Waals surface area contributed by atoms with Gasteiger partial charge in [0.15, 0.2) is 12.4 Å². The molecule has 2 aromatic carbocycles. The van der Waals surface area contributed by atoms with E-state index in [1.165, 1.54) is 14.0 Å². The van der Waals surface area contributed by atoms with Crippen LogP contribution in [0, 0.1) is 0 Å². The molecule has 0 heterocycles. The van der Waals surface area contributed by atoms with Gasteiger partial charge in [0.1, 0.15) is 5.75 Å². The average molecular weight is 376 g/mol. The summed E-state index contributed by atoms with van der Waals surface area (Å²) in [6, 6.07) is 11.3. The number of ether oxygens (including phenoxy) is 2. The number of carbonyl (C=O) groups is 3. The molecule has 6 nitrogen and oxygen atoms in total. The van der Waals surface area contributed by atoms with Gasteiger partial charge in [-0.25, -0.2) is 0 Å². The van der Waals surface area contributed by atoms with Crippen LogP contribution >= 0.6 is 11.6 Å². The average Bonchev–Trinajstić information content (AvgIpc) is 2.60. The van der Waals surface area contributed by atoms with Crippen molar-refractivity contribution in [3.8, 4) is 5.75 Å². The number of nitrogens with one attached hydrogen (secondary N) is 1. The van der Waals surface area contributed by atoms with E-state index in [-0.39, 0.29) is 24.7 Å². The summed E-state index contributed by atoms with van der Waals surface area (Å²) >= 11 is 5.92. The molecule has 0 aliphatic carbocycles. The maximum Gasteiger partial charge on any atom is 0.310 e. The molecule has 1 amide bonds. The van der Waals surface area contributed by atoms with Gasteiger partial charge >= 0.3 is 5.97 Å². The molecule has 0 saturated carbocycles. The minimum absolute atomic E-state index is 0.0571. The number of benzene rings is 2. The van der Waals surface area contributed by atoms with Crippen molar-refractivity contribution in [2.24, 2.45) is 0 Å². The number of rotatable bonds is 7. The van der Waals surface area contributed by atoms with E-state index >= 15 is 0 Å². The molecule has 0 saturated heterocycles. The van der Waals surface area contributed by atoms with Crippen LogP contribution in [0.3, 0.4) is 0 Å². The first-order valence-electron chi connectivity index (χ1n) is 7.78. The summed E-state index contributed by atoms with van der Waals surface area (Å²) in [6.45, 7) is 1.02. The van der Waals surface area contributed by atoms with Crippen LogP contribution < -0.4 is 10.1 Å². The number of esters is 1. The largest absolute Gasteiger partial charge is 0.496 e. The van der Waals surface area contributed by atoms with Crippen LogP contribution in [0.15, 0.2) is 42.5 Å². The second-order valence-electron chi connectivity index (χ2n) is 5.48. The zero-order valence-corrected chi connectivity index (χ0v) is 15.1. The van der Waals surface area contributed by atoms with E-state index in [0.29, 0.717) is 27.6 Å². The number of halogens is 1. The molecule has 0 aliphatic heterocycles. The molecule has 2 rings (SSSR count). The zero-order valence-electron chi connectivity index (χ0n) is 14.4. The maximum absolute atomic E-state index is 12.1. The number of hydrogen-bond acceptors (Lipinski definition) is 5. The third-order valence-corrected chi connectivity index (χ3v) is 3.70. The lowest BCUT2D eigenvalue weighted by Gasteiger charge is -2.09.